The van der Waals surface area contributed by atoms with Crippen LogP contribution in [0, 0.1) is 0 Å². The standard InChI is InChI=1S/C21H28N2O3/c1-14-12-23(8-7-15-5-6-18(22)19(9-15)24-2)13-16-10-20(25-3)21(26-4)11-17(14)16/h5-6,9-11,14H,7-8,12-13,22H2,1-4H3. The van der Waals surface area contributed by atoms with Gasteiger partial charge >= 0.3 is 0 Å². The van der Waals surface area contributed by atoms with Gasteiger partial charge < -0.3 is 19.9 Å². The van der Waals surface area contributed by atoms with Gasteiger partial charge in [0.1, 0.15) is 5.75 Å². The summed E-state index contributed by atoms with van der Waals surface area (Å²) in [4.78, 5) is 2.49. The number of nitrogen functional groups attached to an aromatic ring is 1. The number of nitrogens with zero attached hydrogens (tertiary/aromatic N) is 1. The van der Waals surface area contributed by atoms with E-state index in [4.69, 9.17) is 19.9 Å². The summed E-state index contributed by atoms with van der Waals surface area (Å²) >= 11 is 0. The van der Waals surface area contributed by atoms with E-state index in [9.17, 15) is 0 Å². The smallest absolute Gasteiger partial charge is 0.161 e. The number of nitrogens with two attached hydrogens (primary N) is 1. The molecule has 2 aromatic carbocycles. The van der Waals surface area contributed by atoms with Crippen molar-refractivity contribution >= 4 is 5.69 Å². The van der Waals surface area contributed by atoms with E-state index in [1.54, 1.807) is 21.3 Å². The summed E-state index contributed by atoms with van der Waals surface area (Å²) in [6.07, 6.45) is 0.964. The molecule has 0 amide bonds. The summed E-state index contributed by atoms with van der Waals surface area (Å²) in [7, 11) is 5.02. The average molecular weight is 356 g/mol. The van der Waals surface area contributed by atoms with Gasteiger partial charge in [-0.2, -0.15) is 0 Å². The molecule has 1 heterocycles. The average Bonchev–Trinajstić information content (AvgIpc) is 2.66. The molecule has 0 saturated heterocycles. The Balaban J connectivity index is 1.72. The second-order valence-electron chi connectivity index (χ2n) is 6.87. The van der Waals surface area contributed by atoms with Crippen molar-refractivity contribution in [1.29, 1.82) is 0 Å². The lowest BCUT2D eigenvalue weighted by atomic mass is 9.90. The number of hydrogen-bond acceptors (Lipinski definition) is 5. The minimum atomic E-state index is 0.458. The molecule has 0 spiro atoms. The molecule has 5 heteroatoms. The fourth-order valence-corrected chi connectivity index (χ4v) is 3.69. The Morgan fingerprint density at radius 3 is 2.38 bits per heavy atom. The molecular formula is C21H28N2O3. The SMILES string of the molecule is COc1cc(CCN2Cc3cc(OC)c(OC)cc3C(C)C2)ccc1N. The Morgan fingerprint density at radius 2 is 1.69 bits per heavy atom. The van der Waals surface area contributed by atoms with E-state index < -0.39 is 0 Å². The molecule has 5 nitrogen and oxygen atoms in total. The van der Waals surface area contributed by atoms with Crippen molar-refractivity contribution in [3.8, 4) is 17.2 Å². The maximum atomic E-state index is 5.90. The second kappa shape index (κ2) is 7.87. The van der Waals surface area contributed by atoms with Crippen LogP contribution in [0.4, 0.5) is 5.69 Å². The van der Waals surface area contributed by atoms with Crippen molar-refractivity contribution in [2.45, 2.75) is 25.8 Å². The summed E-state index contributed by atoms with van der Waals surface area (Å²) in [5, 5.41) is 0. The highest BCUT2D eigenvalue weighted by molar-refractivity contribution is 5.54. The van der Waals surface area contributed by atoms with E-state index in [-0.39, 0.29) is 0 Å². The molecule has 26 heavy (non-hydrogen) atoms. The Morgan fingerprint density at radius 1 is 1.00 bits per heavy atom. The maximum Gasteiger partial charge on any atom is 0.161 e. The second-order valence-corrected chi connectivity index (χ2v) is 6.87. The van der Waals surface area contributed by atoms with Gasteiger partial charge in [0, 0.05) is 19.6 Å². The molecule has 140 valence electrons. The maximum absolute atomic E-state index is 5.90. The van der Waals surface area contributed by atoms with Crippen LogP contribution in [0.3, 0.4) is 0 Å². The van der Waals surface area contributed by atoms with Crippen LogP contribution in [-0.4, -0.2) is 39.3 Å². The fraction of sp³-hybridized carbons (Fsp3) is 0.429. The normalized spacial score (nSPS) is 16.8. The molecule has 2 N–H and O–H groups in total. The lowest BCUT2D eigenvalue weighted by Crippen LogP contribution is -2.34. The van der Waals surface area contributed by atoms with E-state index in [1.807, 2.05) is 12.1 Å². The predicted molar refractivity (Wildman–Crippen MR) is 104 cm³/mol. The first-order valence-electron chi connectivity index (χ1n) is 8.95. The zero-order valence-electron chi connectivity index (χ0n) is 16.0. The van der Waals surface area contributed by atoms with Crippen molar-refractivity contribution in [2.75, 3.05) is 40.2 Å². The number of fused-ring (bicyclic) bond motifs is 1. The van der Waals surface area contributed by atoms with Crippen LogP contribution in [0.2, 0.25) is 0 Å². The third-order valence-corrected chi connectivity index (χ3v) is 5.12. The third kappa shape index (κ3) is 3.73. The van der Waals surface area contributed by atoms with Gasteiger partial charge in [0.15, 0.2) is 11.5 Å². The molecule has 0 aromatic heterocycles. The highest BCUT2D eigenvalue weighted by Crippen LogP contribution is 2.37. The van der Waals surface area contributed by atoms with E-state index in [0.717, 1.165) is 43.3 Å². The monoisotopic (exact) mass is 356 g/mol. The molecular weight excluding hydrogens is 328 g/mol. The molecule has 0 fully saturated rings. The van der Waals surface area contributed by atoms with Crippen molar-refractivity contribution in [3.63, 3.8) is 0 Å². The zero-order valence-corrected chi connectivity index (χ0v) is 16.0. The van der Waals surface area contributed by atoms with Crippen molar-refractivity contribution in [2.24, 2.45) is 0 Å². The van der Waals surface area contributed by atoms with E-state index in [2.05, 4.69) is 30.0 Å². The first-order chi connectivity index (χ1) is 12.5. The first-order valence-corrected chi connectivity index (χ1v) is 8.95. The molecule has 1 aliphatic heterocycles. The van der Waals surface area contributed by atoms with Gasteiger partial charge in [0.2, 0.25) is 0 Å². The number of hydrogen-bond donors (Lipinski definition) is 1. The van der Waals surface area contributed by atoms with E-state index in [0.29, 0.717) is 11.6 Å². The largest absolute Gasteiger partial charge is 0.495 e. The minimum absolute atomic E-state index is 0.458. The molecule has 1 atom stereocenters. The van der Waals surface area contributed by atoms with Gasteiger partial charge in [-0.05, 0) is 53.3 Å². The van der Waals surface area contributed by atoms with Crippen molar-refractivity contribution in [1.82, 2.24) is 4.90 Å². The number of rotatable bonds is 6. The highest BCUT2D eigenvalue weighted by Gasteiger charge is 2.24. The minimum Gasteiger partial charge on any atom is -0.495 e. The molecule has 0 radical (unpaired) electrons. The van der Waals surface area contributed by atoms with Crippen LogP contribution in [0.25, 0.3) is 0 Å². The molecule has 2 aromatic rings. The van der Waals surface area contributed by atoms with Crippen molar-refractivity contribution < 1.29 is 14.2 Å². The fourth-order valence-electron chi connectivity index (χ4n) is 3.69. The zero-order chi connectivity index (χ0) is 18.7. The summed E-state index contributed by atoms with van der Waals surface area (Å²) in [6, 6.07) is 10.3. The predicted octanol–water partition coefficient (Wildman–Crippen LogP) is 3.46. The molecule has 0 bridgehead atoms. The lowest BCUT2D eigenvalue weighted by molar-refractivity contribution is 0.236. The Kier molecular flexibility index (Phi) is 5.57. The van der Waals surface area contributed by atoms with Gasteiger partial charge in [0.05, 0.1) is 27.0 Å². The van der Waals surface area contributed by atoms with Crippen LogP contribution in [-0.2, 0) is 13.0 Å². The van der Waals surface area contributed by atoms with Gasteiger partial charge in [-0.25, -0.2) is 0 Å². The topological polar surface area (TPSA) is 57.0 Å². The van der Waals surface area contributed by atoms with Crippen LogP contribution < -0.4 is 19.9 Å². The van der Waals surface area contributed by atoms with Crippen LogP contribution >= 0.6 is 0 Å². The van der Waals surface area contributed by atoms with Gasteiger partial charge in [-0.1, -0.05) is 13.0 Å². The molecule has 0 saturated carbocycles. The molecule has 1 unspecified atom stereocenters. The summed E-state index contributed by atoms with van der Waals surface area (Å²) in [6.45, 7) is 5.22. The Labute approximate surface area is 155 Å². The Hall–Kier alpha value is -2.40. The third-order valence-electron chi connectivity index (χ3n) is 5.12. The van der Waals surface area contributed by atoms with E-state index in [1.165, 1.54) is 16.7 Å². The van der Waals surface area contributed by atoms with Crippen LogP contribution in [0.1, 0.15) is 29.5 Å². The quantitative estimate of drug-likeness (QED) is 0.804. The molecule has 3 rings (SSSR count). The van der Waals surface area contributed by atoms with Crippen molar-refractivity contribution in [3.05, 3.63) is 47.0 Å². The summed E-state index contributed by atoms with van der Waals surface area (Å²) in [5.41, 5.74) is 10.5. The van der Waals surface area contributed by atoms with Crippen LogP contribution in [0.5, 0.6) is 17.2 Å². The summed E-state index contributed by atoms with van der Waals surface area (Å²) < 4.78 is 16.2. The number of methoxy groups -OCH3 is 3. The van der Waals surface area contributed by atoms with Gasteiger partial charge in [0.25, 0.3) is 0 Å². The van der Waals surface area contributed by atoms with Gasteiger partial charge in [-0.15, -0.1) is 0 Å². The van der Waals surface area contributed by atoms with Crippen LogP contribution in [0.15, 0.2) is 30.3 Å². The summed E-state index contributed by atoms with van der Waals surface area (Å²) in [5.74, 6) is 2.81. The number of anilines is 1. The Bertz CT molecular complexity index is 776. The highest BCUT2D eigenvalue weighted by atomic mass is 16.5. The molecule has 1 aliphatic rings. The first kappa shape index (κ1) is 18.4. The van der Waals surface area contributed by atoms with Gasteiger partial charge in [-0.3, -0.25) is 4.90 Å². The number of benzene rings is 2. The lowest BCUT2D eigenvalue weighted by Gasteiger charge is -2.33. The number of ether oxygens (including phenoxy) is 3. The van der Waals surface area contributed by atoms with E-state index >= 15 is 0 Å². The molecule has 0 aliphatic carbocycles.